The van der Waals surface area contributed by atoms with Crippen LogP contribution in [0.2, 0.25) is 0 Å². The van der Waals surface area contributed by atoms with Crippen LogP contribution in [0.15, 0.2) is 83.3 Å². The van der Waals surface area contributed by atoms with Crippen LogP contribution in [0.3, 0.4) is 0 Å². The number of benzene rings is 3. The summed E-state index contributed by atoms with van der Waals surface area (Å²) in [4.78, 5) is 39.2. The van der Waals surface area contributed by atoms with E-state index < -0.39 is 29.9 Å². The molecule has 0 aliphatic carbocycles. The number of carbonyl (C=O) groups excluding carboxylic acids is 3. The quantitative estimate of drug-likeness (QED) is 0.489. The second kappa shape index (κ2) is 8.84. The number of imide groups is 1. The summed E-state index contributed by atoms with van der Waals surface area (Å²) in [5, 5.41) is 5.43. The molecule has 0 radical (unpaired) electrons. The minimum Gasteiger partial charge on any atom is -0.455 e. The molecule has 0 bridgehead atoms. The van der Waals surface area contributed by atoms with Crippen molar-refractivity contribution >= 4 is 39.5 Å². The first-order valence-electron chi connectivity index (χ1n) is 9.89. The van der Waals surface area contributed by atoms with Crippen molar-refractivity contribution in [3.63, 3.8) is 0 Å². The molecule has 1 aliphatic rings. The Kier molecular flexibility index (Phi) is 5.96. The standard InChI is InChI=1S/C24H20BrN3O4/c1-24(16-8-7-9-17(25)14-16)22(30)28(23(31)27-24)15-21(29)26-19-12-5-6-13-20(19)32-18-10-3-2-4-11-18/h2-14H,15H2,1H3,(H,26,29)(H,27,31)/t24-/m0/s1. The Morgan fingerprint density at radius 2 is 1.75 bits per heavy atom. The Hall–Kier alpha value is -3.65. The van der Waals surface area contributed by atoms with E-state index in [0.717, 1.165) is 9.37 Å². The topological polar surface area (TPSA) is 87.7 Å². The molecular formula is C24H20BrN3O4. The Morgan fingerprint density at radius 1 is 1.03 bits per heavy atom. The molecule has 1 heterocycles. The third kappa shape index (κ3) is 4.36. The normalized spacial score (nSPS) is 17.8. The molecule has 1 atom stereocenters. The van der Waals surface area contributed by atoms with Gasteiger partial charge in [0.2, 0.25) is 5.91 Å². The van der Waals surface area contributed by atoms with E-state index in [4.69, 9.17) is 4.74 Å². The minimum atomic E-state index is -1.25. The van der Waals surface area contributed by atoms with Gasteiger partial charge >= 0.3 is 6.03 Å². The van der Waals surface area contributed by atoms with Crippen LogP contribution in [-0.2, 0) is 15.1 Å². The number of ether oxygens (including phenoxy) is 1. The summed E-state index contributed by atoms with van der Waals surface area (Å²) in [7, 11) is 0. The lowest BCUT2D eigenvalue weighted by atomic mass is 9.92. The first-order chi connectivity index (χ1) is 15.4. The zero-order chi connectivity index (χ0) is 22.7. The van der Waals surface area contributed by atoms with Crippen LogP contribution in [0.1, 0.15) is 12.5 Å². The van der Waals surface area contributed by atoms with E-state index >= 15 is 0 Å². The van der Waals surface area contributed by atoms with Gasteiger partial charge in [-0.05, 0) is 48.9 Å². The van der Waals surface area contributed by atoms with Gasteiger partial charge in [-0.25, -0.2) is 4.79 Å². The van der Waals surface area contributed by atoms with Crippen LogP contribution in [0, 0.1) is 0 Å². The van der Waals surface area contributed by atoms with Crippen LogP contribution < -0.4 is 15.4 Å². The summed E-state index contributed by atoms with van der Waals surface area (Å²) in [5.74, 6) is 0.0528. The van der Waals surface area contributed by atoms with E-state index in [2.05, 4.69) is 26.6 Å². The summed E-state index contributed by atoms with van der Waals surface area (Å²) in [6.07, 6.45) is 0. The number of amides is 4. The van der Waals surface area contributed by atoms with Crippen molar-refractivity contribution in [3.8, 4) is 11.5 Å². The Morgan fingerprint density at radius 3 is 2.50 bits per heavy atom. The monoisotopic (exact) mass is 493 g/mol. The Labute approximate surface area is 193 Å². The number of hydrogen-bond acceptors (Lipinski definition) is 4. The van der Waals surface area contributed by atoms with Gasteiger partial charge in [-0.3, -0.25) is 14.5 Å². The highest BCUT2D eigenvalue weighted by Crippen LogP contribution is 2.31. The van der Waals surface area contributed by atoms with E-state index in [0.29, 0.717) is 22.7 Å². The van der Waals surface area contributed by atoms with Crippen molar-refractivity contribution in [2.24, 2.45) is 0 Å². The highest BCUT2D eigenvalue weighted by atomic mass is 79.9. The summed E-state index contributed by atoms with van der Waals surface area (Å²) in [5.41, 5.74) is -0.201. The molecule has 162 valence electrons. The van der Waals surface area contributed by atoms with E-state index in [1.165, 1.54) is 0 Å². The van der Waals surface area contributed by atoms with Gasteiger partial charge in [-0.2, -0.15) is 0 Å². The number of halogens is 1. The number of rotatable bonds is 6. The summed E-state index contributed by atoms with van der Waals surface area (Å²) < 4.78 is 6.63. The van der Waals surface area contributed by atoms with Crippen LogP contribution in [0.5, 0.6) is 11.5 Å². The van der Waals surface area contributed by atoms with Gasteiger partial charge in [0.1, 0.15) is 17.8 Å². The number of nitrogens with zero attached hydrogens (tertiary/aromatic N) is 1. The minimum absolute atomic E-state index is 0.423. The zero-order valence-corrected chi connectivity index (χ0v) is 18.8. The molecule has 0 unspecified atom stereocenters. The van der Waals surface area contributed by atoms with E-state index in [-0.39, 0.29) is 0 Å². The van der Waals surface area contributed by atoms with Gasteiger partial charge in [0.05, 0.1) is 5.69 Å². The van der Waals surface area contributed by atoms with Crippen LogP contribution in [-0.4, -0.2) is 29.3 Å². The lowest BCUT2D eigenvalue weighted by molar-refractivity contribution is -0.133. The molecular weight excluding hydrogens is 474 g/mol. The lowest BCUT2D eigenvalue weighted by Crippen LogP contribution is -2.42. The number of nitrogens with one attached hydrogen (secondary N) is 2. The fraction of sp³-hybridized carbons (Fsp3) is 0.125. The second-order valence-corrected chi connectivity index (χ2v) is 8.33. The predicted octanol–water partition coefficient (Wildman–Crippen LogP) is 4.65. The highest BCUT2D eigenvalue weighted by molar-refractivity contribution is 9.10. The van der Waals surface area contributed by atoms with Crippen LogP contribution in [0.25, 0.3) is 0 Å². The van der Waals surface area contributed by atoms with Crippen molar-refractivity contribution in [1.29, 1.82) is 0 Å². The van der Waals surface area contributed by atoms with Crippen LogP contribution >= 0.6 is 15.9 Å². The largest absolute Gasteiger partial charge is 0.455 e. The molecule has 3 aromatic rings. The Balaban J connectivity index is 1.48. The van der Waals surface area contributed by atoms with E-state index in [1.807, 2.05) is 24.3 Å². The van der Waals surface area contributed by atoms with Gasteiger partial charge in [0.15, 0.2) is 5.75 Å². The zero-order valence-electron chi connectivity index (χ0n) is 17.2. The molecule has 1 aliphatic heterocycles. The average molecular weight is 494 g/mol. The van der Waals surface area contributed by atoms with Crippen molar-refractivity contribution in [2.45, 2.75) is 12.5 Å². The van der Waals surface area contributed by atoms with Gasteiger partial charge in [-0.15, -0.1) is 0 Å². The van der Waals surface area contributed by atoms with Gasteiger partial charge < -0.3 is 15.4 Å². The molecule has 0 aromatic heterocycles. The van der Waals surface area contributed by atoms with Gasteiger partial charge in [0.25, 0.3) is 5.91 Å². The fourth-order valence-corrected chi connectivity index (χ4v) is 3.84. The third-order valence-corrected chi connectivity index (χ3v) is 5.60. The van der Waals surface area contributed by atoms with Crippen molar-refractivity contribution in [1.82, 2.24) is 10.2 Å². The van der Waals surface area contributed by atoms with Gasteiger partial charge in [-0.1, -0.05) is 58.4 Å². The van der Waals surface area contributed by atoms with E-state index in [9.17, 15) is 14.4 Å². The predicted molar refractivity (Wildman–Crippen MR) is 123 cm³/mol. The number of urea groups is 1. The Bertz CT molecular complexity index is 1180. The molecule has 8 heteroatoms. The smallest absolute Gasteiger partial charge is 0.325 e. The molecule has 4 amide bonds. The highest BCUT2D eigenvalue weighted by Gasteiger charge is 2.49. The molecule has 7 nitrogen and oxygen atoms in total. The van der Waals surface area contributed by atoms with Crippen molar-refractivity contribution < 1.29 is 19.1 Å². The molecule has 1 saturated heterocycles. The average Bonchev–Trinajstić information content (AvgIpc) is 3.00. The summed E-state index contributed by atoms with van der Waals surface area (Å²) >= 11 is 3.38. The molecule has 0 saturated carbocycles. The molecule has 4 rings (SSSR count). The number of para-hydroxylation sites is 3. The first-order valence-corrected chi connectivity index (χ1v) is 10.7. The number of hydrogen-bond donors (Lipinski definition) is 2. The third-order valence-electron chi connectivity index (χ3n) is 5.11. The SMILES string of the molecule is C[C@@]1(c2cccc(Br)c2)NC(=O)N(CC(=O)Nc2ccccc2Oc2ccccc2)C1=O. The second-order valence-electron chi connectivity index (χ2n) is 7.42. The molecule has 1 fully saturated rings. The number of anilines is 1. The summed E-state index contributed by atoms with van der Waals surface area (Å²) in [6, 6.07) is 22.6. The maximum Gasteiger partial charge on any atom is 0.325 e. The van der Waals surface area contributed by atoms with E-state index in [1.54, 1.807) is 61.5 Å². The van der Waals surface area contributed by atoms with Crippen LogP contribution in [0.4, 0.5) is 10.5 Å². The first kappa shape index (κ1) is 21.6. The van der Waals surface area contributed by atoms with Crippen molar-refractivity contribution in [3.05, 3.63) is 88.9 Å². The molecule has 2 N–H and O–H groups in total. The lowest BCUT2D eigenvalue weighted by Gasteiger charge is -2.22. The molecule has 32 heavy (non-hydrogen) atoms. The van der Waals surface area contributed by atoms with Crippen molar-refractivity contribution in [2.75, 3.05) is 11.9 Å². The number of carbonyl (C=O) groups is 3. The fourth-order valence-electron chi connectivity index (χ4n) is 3.44. The molecule has 3 aromatic carbocycles. The van der Waals surface area contributed by atoms with Gasteiger partial charge in [0, 0.05) is 4.47 Å². The summed E-state index contributed by atoms with van der Waals surface area (Å²) in [6.45, 7) is 1.20. The maximum absolute atomic E-state index is 13.1. The maximum atomic E-state index is 13.1. The molecule has 0 spiro atoms.